The topological polar surface area (TPSA) is 138 Å². The minimum atomic E-state index is -1.58. The summed E-state index contributed by atoms with van der Waals surface area (Å²) in [5.74, 6) is -5.18. The Morgan fingerprint density at radius 3 is 2.17 bits per heavy atom. The highest BCUT2D eigenvalue weighted by atomic mass is 35.5. The van der Waals surface area contributed by atoms with Gasteiger partial charge in [0.25, 0.3) is 11.8 Å². The van der Waals surface area contributed by atoms with Crippen LogP contribution < -0.4 is 25.1 Å². The normalized spacial score (nSPS) is 24.6. The number of carbonyl (C=O) groups is 4. The number of benzene rings is 5. The average Bonchev–Trinajstić information content (AvgIpc) is 3.62. The first-order chi connectivity index (χ1) is 28.5. The molecular formula is C46H38Cl2N4O7. The van der Waals surface area contributed by atoms with Crippen molar-refractivity contribution in [2.24, 2.45) is 23.7 Å². The number of nitrogens with zero attached hydrogens (tertiary/aromatic N) is 2. The molecule has 3 fully saturated rings. The fourth-order valence-electron chi connectivity index (χ4n) is 9.74. The molecule has 2 heterocycles. The second-order valence-corrected chi connectivity index (χ2v) is 16.0. The zero-order valence-electron chi connectivity index (χ0n) is 31.9. The van der Waals surface area contributed by atoms with Crippen molar-refractivity contribution in [2.75, 3.05) is 29.9 Å². The smallest absolute Gasteiger partial charge is 0.260 e. The molecule has 3 N–H and O–H groups in total. The summed E-state index contributed by atoms with van der Waals surface area (Å²) >= 11 is 12.8. The van der Waals surface area contributed by atoms with E-state index in [1.807, 2.05) is 48.5 Å². The first-order valence-corrected chi connectivity index (χ1v) is 19.9. The zero-order chi connectivity index (χ0) is 41.2. The van der Waals surface area contributed by atoms with Gasteiger partial charge in [-0.05, 0) is 109 Å². The number of nitrogens with one attached hydrogen (secondary N) is 2. The minimum Gasteiger partial charge on any atom is -0.504 e. The molecule has 2 saturated heterocycles. The number of halogens is 2. The summed E-state index contributed by atoms with van der Waals surface area (Å²) < 4.78 is 10.9. The van der Waals surface area contributed by atoms with Crippen LogP contribution in [-0.2, 0) is 24.6 Å². The molecule has 298 valence electrons. The monoisotopic (exact) mass is 828 g/mol. The molecule has 2 aliphatic carbocycles. The third-order valence-electron chi connectivity index (χ3n) is 12.3. The van der Waals surface area contributed by atoms with Crippen LogP contribution in [-0.4, -0.2) is 48.0 Å². The molecule has 59 heavy (non-hydrogen) atoms. The summed E-state index contributed by atoms with van der Waals surface area (Å²) in [5.41, 5.74) is 5.63. The lowest BCUT2D eigenvalue weighted by atomic mass is 9.49. The zero-order valence-corrected chi connectivity index (χ0v) is 33.4. The molecule has 5 aromatic carbocycles. The van der Waals surface area contributed by atoms with E-state index in [2.05, 4.69) is 10.7 Å². The van der Waals surface area contributed by atoms with E-state index in [4.69, 9.17) is 32.7 Å². The van der Waals surface area contributed by atoms with Crippen molar-refractivity contribution in [3.63, 3.8) is 0 Å². The van der Waals surface area contributed by atoms with Crippen LogP contribution in [0.5, 0.6) is 17.2 Å². The van der Waals surface area contributed by atoms with Crippen LogP contribution in [0.3, 0.4) is 0 Å². The molecule has 4 aliphatic rings. The quantitative estimate of drug-likeness (QED) is 0.0985. The summed E-state index contributed by atoms with van der Waals surface area (Å²) in [6, 6.07) is 33.4. The molecule has 0 aromatic heterocycles. The van der Waals surface area contributed by atoms with Gasteiger partial charge in [-0.25, -0.2) is 0 Å². The number of phenolic OH excluding ortho intramolecular Hbond substituents is 1. The van der Waals surface area contributed by atoms with E-state index in [0.29, 0.717) is 27.6 Å². The number of fused-ring (bicyclic) bond motifs is 4. The van der Waals surface area contributed by atoms with Crippen LogP contribution >= 0.6 is 23.2 Å². The lowest BCUT2D eigenvalue weighted by Gasteiger charge is -2.50. The van der Waals surface area contributed by atoms with Crippen molar-refractivity contribution in [1.82, 2.24) is 5.01 Å². The third-order valence-corrected chi connectivity index (χ3v) is 12.9. The lowest BCUT2D eigenvalue weighted by molar-refractivity contribution is -0.138. The maximum absolute atomic E-state index is 15.5. The Bertz CT molecular complexity index is 2550. The van der Waals surface area contributed by atoms with Crippen molar-refractivity contribution in [2.45, 2.75) is 24.2 Å². The van der Waals surface area contributed by atoms with E-state index in [-0.39, 0.29) is 46.9 Å². The molecule has 0 spiro atoms. The third kappa shape index (κ3) is 6.10. The number of aromatic hydroxyl groups is 1. The second kappa shape index (κ2) is 14.8. The van der Waals surface area contributed by atoms with Crippen LogP contribution in [0.2, 0.25) is 10.0 Å². The van der Waals surface area contributed by atoms with Crippen molar-refractivity contribution in [1.29, 1.82) is 0 Å². The molecule has 1 saturated carbocycles. The van der Waals surface area contributed by atoms with E-state index in [1.54, 1.807) is 73.8 Å². The fraction of sp³-hybridized carbons (Fsp3) is 0.217. The number of hydrogen-bond acceptors (Lipinski definition) is 9. The summed E-state index contributed by atoms with van der Waals surface area (Å²) in [7, 11) is 2.98. The van der Waals surface area contributed by atoms with Gasteiger partial charge in [0.05, 0.1) is 53.8 Å². The highest BCUT2D eigenvalue weighted by Crippen LogP contribution is 2.64. The van der Waals surface area contributed by atoms with Gasteiger partial charge in [-0.15, -0.1) is 0 Å². The van der Waals surface area contributed by atoms with Gasteiger partial charge in [0.1, 0.15) is 5.75 Å². The Balaban J connectivity index is 1.17. The van der Waals surface area contributed by atoms with Gasteiger partial charge in [0, 0.05) is 22.3 Å². The van der Waals surface area contributed by atoms with Gasteiger partial charge < -0.3 is 19.9 Å². The number of allylic oxidation sites excluding steroid dienone is 2. The predicted octanol–water partition coefficient (Wildman–Crippen LogP) is 8.65. The summed E-state index contributed by atoms with van der Waals surface area (Å²) in [6.07, 6.45) is 2.28. The molecule has 9 rings (SSSR count). The lowest BCUT2D eigenvalue weighted by Crippen LogP contribution is -2.53. The van der Waals surface area contributed by atoms with Crippen molar-refractivity contribution in [3.8, 4) is 17.2 Å². The number of rotatable bonds is 9. The maximum atomic E-state index is 15.5. The first-order valence-electron chi connectivity index (χ1n) is 19.2. The minimum absolute atomic E-state index is 0.0849. The van der Waals surface area contributed by atoms with Crippen LogP contribution in [0.25, 0.3) is 0 Å². The predicted molar refractivity (Wildman–Crippen MR) is 224 cm³/mol. The van der Waals surface area contributed by atoms with Crippen LogP contribution in [0, 0.1) is 23.7 Å². The van der Waals surface area contributed by atoms with Crippen molar-refractivity contribution >= 4 is 69.6 Å². The maximum Gasteiger partial charge on any atom is 0.260 e. The van der Waals surface area contributed by atoms with Gasteiger partial charge in [-0.2, -0.15) is 5.01 Å². The average molecular weight is 830 g/mol. The largest absolute Gasteiger partial charge is 0.504 e. The molecular weight excluding hydrogens is 791 g/mol. The number of phenols is 1. The molecule has 4 amide bonds. The molecule has 11 nitrogen and oxygen atoms in total. The van der Waals surface area contributed by atoms with Gasteiger partial charge >= 0.3 is 0 Å². The SMILES string of the molecule is COc1ccc([C@@]23C(=O)N(Nc4ccc(Cl)cc4Cl)C(=O)[C@@H]2C[C@@H]2C(=CC[C@@H]4C(=O)N(c5ccc(Nc6ccccc6)cc5)C(=O)[C@@H]42)[C@@H]3c2ccc(OC)c(O)c2)cc1. The van der Waals surface area contributed by atoms with Gasteiger partial charge in [-0.1, -0.05) is 71.2 Å². The molecule has 13 heteroatoms. The molecule has 0 radical (unpaired) electrons. The molecule has 6 atom stereocenters. The van der Waals surface area contributed by atoms with E-state index in [0.717, 1.165) is 22.0 Å². The standard InChI is InChI=1S/C46H38Cl2N4O7/c1-58-31-16-9-26(10-17-31)46-35(43(55)52(45(46)57)50-37-20-11-27(47)23-36(37)48)24-34-32(41(46)25-8-21-39(59-2)38(53)22-25)18-19-33-40(34)44(56)51(42(33)54)30-14-12-29(13-15-30)49-28-6-4-3-5-7-28/h3-18,20-23,33-35,40-41,49-50,53H,19,24H2,1-2H3/t33-,34+,35-,40-,41-,46+/m0/s1. The Kier molecular flexibility index (Phi) is 9.60. The number of anilines is 4. The van der Waals surface area contributed by atoms with Crippen LogP contribution in [0.15, 0.2) is 127 Å². The summed E-state index contributed by atoms with van der Waals surface area (Å²) in [5, 5.41) is 16.1. The number of hydrogen-bond donors (Lipinski definition) is 3. The van der Waals surface area contributed by atoms with Gasteiger partial charge in [0.2, 0.25) is 11.8 Å². The van der Waals surface area contributed by atoms with Crippen molar-refractivity contribution in [3.05, 3.63) is 148 Å². The Hall–Kier alpha value is -6.30. The summed E-state index contributed by atoms with van der Waals surface area (Å²) in [6.45, 7) is 0. The number of hydrazine groups is 1. The van der Waals surface area contributed by atoms with E-state index < -0.39 is 46.8 Å². The highest BCUT2D eigenvalue weighted by Gasteiger charge is 2.70. The number of ether oxygens (including phenoxy) is 2. The van der Waals surface area contributed by atoms with Crippen LogP contribution in [0.1, 0.15) is 29.9 Å². The van der Waals surface area contributed by atoms with Crippen LogP contribution in [0.4, 0.5) is 22.7 Å². The fourth-order valence-corrected chi connectivity index (χ4v) is 10.2. The van der Waals surface area contributed by atoms with Gasteiger partial charge in [-0.3, -0.25) is 29.5 Å². The number of amides is 4. The molecule has 0 unspecified atom stereocenters. The molecule has 0 bridgehead atoms. The van der Waals surface area contributed by atoms with E-state index in [9.17, 15) is 14.7 Å². The number of para-hydroxylation sites is 1. The van der Waals surface area contributed by atoms with E-state index >= 15 is 9.59 Å². The van der Waals surface area contributed by atoms with E-state index in [1.165, 1.54) is 18.1 Å². The second-order valence-electron chi connectivity index (χ2n) is 15.2. The number of carbonyl (C=O) groups excluding carboxylic acids is 4. The van der Waals surface area contributed by atoms with Crippen molar-refractivity contribution < 1.29 is 33.8 Å². The number of imide groups is 2. The Labute approximate surface area is 350 Å². The number of methoxy groups -OCH3 is 2. The Morgan fingerprint density at radius 1 is 0.763 bits per heavy atom. The molecule has 2 aliphatic heterocycles. The highest BCUT2D eigenvalue weighted by molar-refractivity contribution is 6.36. The molecule has 5 aromatic rings. The first kappa shape index (κ1) is 38.2. The van der Waals surface area contributed by atoms with Gasteiger partial charge in [0.15, 0.2) is 11.5 Å². The summed E-state index contributed by atoms with van der Waals surface area (Å²) in [4.78, 5) is 60.9. The Morgan fingerprint density at radius 2 is 1.49 bits per heavy atom.